The highest BCUT2D eigenvalue weighted by molar-refractivity contribution is 4.90. The van der Waals surface area contributed by atoms with E-state index >= 15 is 0 Å². The molecule has 72 valence electrons. The Morgan fingerprint density at radius 1 is 1.17 bits per heavy atom. The van der Waals surface area contributed by atoms with Gasteiger partial charge in [-0.15, -0.1) is 0 Å². The van der Waals surface area contributed by atoms with Crippen molar-refractivity contribution >= 4 is 0 Å². The van der Waals surface area contributed by atoms with E-state index < -0.39 is 0 Å². The molecule has 1 heteroatoms. The Kier molecular flexibility index (Phi) is 8.57. The van der Waals surface area contributed by atoms with Gasteiger partial charge in [0, 0.05) is 6.04 Å². The summed E-state index contributed by atoms with van der Waals surface area (Å²) in [6.45, 7) is 4.40. The van der Waals surface area contributed by atoms with Crippen LogP contribution in [0.4, 0.5) is 0 Å². The van der Waals surface area contributed by atoms with Crippen molar-refractivity contribution in [2.24, 2.45) is 5.73 Å². The molecule has 0 aliphatic rings. The zero-order valence-electron chi connectivity index (χ0n) is 8.55. The van der Waals surface area contributed by atoms with Crippen LogP contribution in [0.15, 0.2) is 12.2 Å². The van der Waals surface area contributed by atoms with Gasteiger partial charge in [0.15, 0.2) is 0 Å². The van der Waals surface area contributed by atoms with Crippen molar-refractivity contribution in [1.29, 1.82) is 0 Å². The first-order valence-corrected chi connectivity index (χ1v) is 5.23. The van der Waals surface area contributed by atoms with Gasteiger partial charge in [-0.05, 0) is 19.3 Å². The minimum Gasteiger partial charge on any atom is -0.324 e. The van der Waals surface area contributed by atoms with Crippen LogP contribution in [-0.2, 0) is 0 Å². The molecule has 0 heterocycles. The minimum absolute atomic E-state index is 0.289. The summed E-state index contributed by atoms with van der Waals surface area (Å²) in [4.78, 5) is 0. The average molecular weight is 169 g/mol. The molecule has 1 atom stereocenters. The van der Waals surface area contributed by atoms with Crippen molar-refractivity contribution < 1.29 is 0 Å². The smallest absolute Gasteiger partial charge is 0.0223 e. The third-order valence-corrected chi connectivity index (χ3v) is 1.98. The van der Waals surface area contributed by atoms with Crippen molar-refractivity contribution in [3.63, 3.8) is 0 Å². The van der Waals surface area contributed by atoms with Crippen LogP contribution in [0.1, 0.15) is 52.4 Å². The van der Waals surface area contributed by atoms with Crippen LogP contribution in [0.3, 0.4) is 0 Å². The highest BCUT2D eigenvalue weighted by Crippen LogP contribution is 2.01. The molecule has 2 N–H and O–H groups in total. The number of rotatable bonds is 7. The lowest BCUT2D eigenvalue weighted by Crippen LogP contribution is -2.15. The maximum absolute atomic E-state index is 5.81. The molecule has 0 aliphatic carbocycles. The Balaban J connectivity index is 3.22. The fourth-order valence-electron chi connectivity index (χ4n) is 1.21. The van der Waals surface area contributed by atoms with Crippen LogP contribution in [0.2, 0.25) is 0 Å². The van der Waals surface area contributed by atoms with Crippen molar-refractivity contribution in [2.75, 3.05) is 0 Å². The summed E-state index contributed by atoms with van der Waals surface area (Å²) in [7, 11) is 0. The van der Waals surface area contributed by atoms with Crippen molar-refractivity contribution in [1.82, 2.24) is 0 Å². The fraction of sp³-hybridized carbons (Fsp3) is 0.818. The van der Waals surface area contributed by atoms with E-state index in [1.165, 1.54) is 32.1 Å². The van der Waals surface area contributed by atoms with Gasteiger partial charge in [0.2, 0.25) is 0 Å². The molecular weight excluding hydrogens is 146 g/mol. The number of nitrogens with two attached hydrogens (primary N) is 1. The molecule has 0 aliphatic heterocycles. The van der Waals surface area contributed by atoms with E-state index in [9.17, 15) is 0 Å². The first-order valence-electron chi connectivity index (χ1n) is 5.23. The Hall–Kier alpha value is -0.300. The Bertz CT molecular complexity index is 108. The Labute approximate surface area is 77.0 Å². The van der Waals surface area contributed by atoms with Gasteiger partial charge in [-0.25, -0.2) is 0 Å². The number of hydrogen-bond acceptors (Lipinski definition) is 1. The van der Waals surface area contributed by atoms with Gasteiger partial charge >= 0.3 is 0 Å². The van der Waals surface area contributed by atoms with E-state index in [2.05, 4.69) is 26.0 Å². The normalized spacial score (nSPS) is 13.9. The predicted molar refractivity (Wildman–Crippen MR) is 56.2 cm³/mol. The second-order valence-corrected chi connectivity index (χ2v) is 3.38. The summed E-state index contributed by atoms with van der Waals surface area (Å²) in [6, 6.07) is 0.289. The quantitative estimate of drug-likeness (QED) is 0.459. The molecule has 12 heavy (non-hydrogen) atoms. The summed E-state index contributed by atoms with van der Waals surface area (Å²) in [6.07, 6.45) is 11.8. The summed E-state index contributed by atoms with van der Waals surface area (Å²) in [5, 5.41) is 0. The maximum atomic E-state index is 5.81. The highest BCUT2D eigenvalue weighted by atomic mass is 14.6. The van der Waals surface area contributed by atoms with E-state index in [1.807, 2.05) is 0 Å². The first kappa shape index (κ1) is 11.7. The van der Waals surface area contributed by atoms with E-state index in [1.54, 1.807) is 0 Å². The Morgan fingerprint density at radius 3 is 2.50 bits per heavy atom. The zero-order chi connectivity index (χ0) is 9.23. The molecule has 0 rings (SSSR count). The molecule has 0 radical (unpaired) electrons. The lowest BCUT2D eigenvalue weighted by atomic mass is 10.1. The lowest BCUT2D eigenvalue weighted by Gasteiger charge is -2.02. The minimum atomic E-state index is 0.289. The topological polar surface area (TPSA) is 26.0 Å². The van der Waals surface area contributed by atoms with E-state index in [-0.39, 0.29) is 6.04 Å². The van der Waals surface area contributed by atoms with E-state index in [0.717, 1.165) is 6.42 Å². The van der Waals surface area contributed by atoms with Crippen LogP contribution >= 0.6 is 0 Å². The molecule has 0 aromatic rings. The molecule has 1 unspecified atom stereocenters. The molecular formula is C11H23N. The van der Waals surface area contributed by atoms with Gasteiger partial charge < -0.3 is 5.73 Å². The maximum Gasteiger partial charge on any atom is 0.0223 e. The van der Waals surface area contributed by atoms with Crippen LogP contribution in [-0.4, -0.2) is 6.04 Å². The molecule has 0 bridgehead atoms. The summed E-state index contributed by atoms with van der Waals surface area (Å²) < 4.78 is 0. The van der Waals surface area contributed by atoms with Crippen LogP contribution in [0.5, 0.6) is 0 Å². The number of allylic oxidation sites excluding steroid dienone is 1. The number of unbranched alkanes of at least 4 members (excludes halogenated alkanes) is 3. The summed E-state index contributed by atoms with van der Waals surface area (Å²) in [5.74, 6) is 0. The van der Waals surface area contributed by atoms with Crippen molar-refractivity contribution in [2.45, 2.75) is 58.4 Å². The van der Waals surface area contributed by atoms with Gasteiger partial charge in [-0.2, -0.15) is 0 Å². The predicted octanol–water partition coefficient (Wildman–Crippen LogP) is 3.25. The van der Waals surface area contributed by atoms with Crippen molar-refractivity contribution in [3.8, 4) is 0 Å². The average Bonchev–Trinajstić information content (AvgIpc) is 2.05. The van der Waals surface area contributed by atoms with Gasteiger partial charge in [0.05, 0.1) is 0 Å². The van der Waals surface area contributed by atoms with Crippen LogP contribution < -0.4 is 5.73 Å². The standard InChI is InChI=1S/C11H23N/c1-3-5-6-7-8-10-11(12)9-4-2/h8,10-11H,3-7,9,12H2,1-2H3/b10-8-. The molecule has 0 fully saturated rings. The molecule has 1 nitrogen and oxygen atoms in total. The fourth-order valence-corrected chi connectivity index (χ4v) is 1.21. The largest absolute Gasteiger partial charge is 0.324 e. The third kappa shape index (κ3) is 7.80. The second kappa shape index (κ2) is 8.79. The van der Waals surface area contributed by atoms with E-state index in [0.29, 0.717) is 0 Å². The van der Waals surface area contributed by atoms with Gasteiger partial charge in [0.25, 0.3) is 0 Å². The molecule has 0 aromatic carbocycles. The summed E-state index contributed by atoms with van der Waals surface area (Å²) >= 11 is 0. The molecule has 0 amide bonds. The molecule has 0 saturated heterocycles. The molecule has 0 saturated carbocycles. The monoisotopic (exact) mass is 169 g/mol. The van der Waals surface area contributed by atoms with Crippen molar-refractivity contribution in [3.05, 3.63) is 12.2 Å². The first-order chi connectivity index (χ1) is 5.81. The van der Waals surface area contributed by atoms with Gasteiger partial charge in [-0.3, -0.25) is 0 Å². The molecule has 0 aromatic heterocycles. The summed E-state index contributed by atoms with van der Waals surface area (Å²) in [5.41, 5.74) is 5.81. The second-order valence-electron chi connectivity index (χ2n) is 3.38. The highest BCUT2D eigenvalue weighted by Gasteiger charge is 1.92. The van der Waals surface area contributed by atoms with Crippen LogP contribution in [0.25, 0.3) is 0 Å². The third-order valence-electron chi connectivity index (χ3n) is 1.98. The van der Waals surface area contributed by atoms with E-state index in [4.69, 9.17) is 5.73 Å². The van der Waals surface area contributed by atoms with Gasteiger partial charge in [-0.1, -0.05) is 45.3 Å². The lowest BCUT2D eigenvalue weighted by molar-refractivity contribution is 0.693. The zero-order valence-corrected chi connectivity index (χ0v) is 8.55. The molecule has 0 spiro atoms. The SMILES string of the molecule is CCCCC/C=C\C(N)CCC. The number of hydrogen-bond donors (Lipinski definition) is 1. The van der Waals surface area contributed by atoms with Crippen LogP contribution in [0, 0.1) is 0 Å². The van der Waals surface area contributed by atoms with Gasteiger partial charge in [0.1, 0.15) is 0 Å². The Morgan fingerprint density at radius 2 is 1.92 bits per heavy atom.